The van der Waals surface area contributed by atoms with E-state index in [4.69, 9.17) is 0 Å². The zero-order valence-corrected chi connectivity index (χ0v) is 11.6. The fraction of sp³-hybridized carbons (Fsp3) is 0.538. The van der Waals surface area contributed by atoms with Gasteiger partial charge in [-0.1, -0.05) is 34.5 Å². The molecule has 3 heteroatoms. The summed E-state index contributed by atoms with van der Waals surface area (Å²) in [6.45, 7) is 0. The molecule has 0 spiro atoms. The van der Waals surface area contributed by atoms with E-state index in [-0.39, 0.29) is 6.10 Å². The van der Waals surface area contributed by atoms with Gasteiger partial charge in [-0.15, -0.1) is 0 Å². The van der Waals surface area contributed by atoms with Crippen LogP contribution in [-0.4, -0.2) is 22.2 Å². The summed E-state index contributed by atoms with van der Waals surface area (Å²) >= 11 is 5.39. The summed E-state index contributed by atoms with van der Waals surface area (Å²) in [6.07, 6.45) is 4.33. The molecule has 1 saturated heterocycles. The summed E-state index contributed by atoms with van der Waals surface area (Å²) in [5.74, 6) is 1.21. The van der Waals surface area contributed by atoms with Crippen LogP contribution in [0.3, 0.4) is 0 Å². The molecule has 88 valence electrons. The predicted molar refractivity (Wildman–Crippen MR) is 73.9 cm³/mol. The average molecular weight is 301 g/mol. The van der Waals surface area contributed by atoms with Gasteiger partial charge in [0.2, 0.25) is 0 Å². The molecule has 1 aliphatic heterocycles. The van der Waals surface area contributed by atoms with Crippen LogP contribution in [0.4, 0.5) is 0 Å². The molecule has 0 aromatic heterocycles. The SMILES string of the molecule is OC(Cc1cccc(Br)c1)C1CCCCS1. The molecule has 2 rings (SSSR count). The summed E-state index contributed by atoms with van der Waals surface area (Å²) in [6, 6.07) is 8.23. The number of benzene rings is 1. The molecule has 1 fully saturated rings. The summed E-state index contributed by atoms with van der Waals surface area (Å²) in [7, 11) is 0. The van der Waals surface area contributed by atoms with Crippen LogP contribution in [0.2, 0.25) is 0 Å². The Morgan fingerprint density at radius 3 is 3.00 bits per heavy atom. The topological polar surface area (TPSA) is 20.2 Å². The lowest BCUT2D eigenvalue weighted by atomic mass is 10.0. The third kappa shape index (κ3) is 3.51. The fourth-order valence-electron chi connectivity index (χ4n) is 2.11. The Balaban J connectivity index is 1.93. The van der Waals surface area contributed by atoms with Gasteiger partial charge >= 0.3 is 0 Å². The molecule has 1 N–H and O–H groups in total. The van der Waals surface area contributed by atoms with Gasteiger partial charge < -0.3 is 5.11 Å². The van der Waals surface area contributed by atoms with Gasteiger partial charge in [-0.2, -0.15) is 11.8 Å². The molecular weight excluding hydrogens is 284 g/mol. The molecule has 2 unspecified atom stereocenters. The Kier molecular flexibility index (Phi) is 4.74. The zero-order chi connectivity index (χ0) is 11.4. The van der Waals surface area contributed by atoms with E-state index in [1.54, 1.807) is 0 Å². The van der Waals surface area contributed by atoms with Crippen LogP contribution < -0.4 is 0 Å². The lowest BCUT2D eigenvalue weighted by molar-refractivity contribution is 0.166. The lowest BCUT2D eigenvalue weighted by Gasteiger charge is -2.26. The standard InChI is InChI=1S/C13H17BrOS/c14-11-5-3-4-10(8-11)9-12(15)13-6-1-2-7-16-13/h3-5,8,12-13,15H,1-2,6-7,9H2. The summed E-state index contributed by atoms with van der Waals surface area (Å²) in [4.78, 5) is 0. The van der Waals surface area contributed by atoms with Crippen LogP contribution in [-0.2, 0) is 6.42 Å². The maximum atomic E-state index is 10.2. The minimum atomic E-state index is -0.195. The van der Waals surface area contributed by atoms with Crippen molar-refractivity contribution in [2.75, 3.05) is 5.75 Å². The molecule has 0 bridgehead atoms. The van der Waals surface area contributed by atoms with Crippen molar-refractivity contribution in [3.8, 4) is 0 Å². The second-order valence-electron chi connectivity index (χ2n) is 4.31. The number of aliphatic hydroxyl groups is 1. The Labute approximate surface area is 110 Å². The first kappa shape index (κ1) is 12.5. The van der Waals surface area contributed by atoms with Crippen LogP contribution in [0.15, 0.2) is 28.7 Å². The number of aliphatic hydroxyl groups excluding tert-OH is 1. The predicted octanol–water partition coefficient (Wildman–Crippen LogP) is 3.64. The van der Waals surface area contributed by atoms with Gasteiger partial charge in [0.05, 0.1) is 6.10 Å². The van der Waals surface area contributed by atoms with Crippen molar-refractivity contribution in [2.45, 2.75) is 37.0 Å². The van der Waals surface area contributed by atoms with E-state index >= 15 is 0 Å². The summed E-state index contributed by atoms with van der Waals surface area (Å²) < 4.78 is 1.09. The van der Waals surface area contributed by atoms with E-state index in [0.717, 1.165) is 10.9 Å². The first-order valence-corrected chi connectivity index (χ1v) is 7.64. The van der Waals surface area contributed by atoms with Crippen molar-refractivity contribution >= 4 is 27.7 Å². The normalized spacial score (nSPS) is 23.0. The summed E-state index contributed by atoms with van der Waals surface area (Å²) in [5, 5.41) is 10.6. The lowest BCUT2D eigenvalue weighted by Crippen LogP contribution is -2.27. The highest BCUT2D eigenvalue weighted by molar-refractivity contribution is 9.10. The van der Waals surface area contributed by atoms with E-state index in [1.165, 1.54) is 30.6 Å². The van der Waals surface area contributed by atoms with Gasteiger partial charge in [-0.25, -0.2) is 0 Å². The highest BCUT2D eigenvalue weighted by Gasteiger charge is 2.22. The quantitative estimate of drug-likeness (QED) is 0.920. The Bertz CT molecular complexity index is 336. The van der Waals surface area contributed by atoms with E-state index in [1.807, 2.05) is 23.9 Å². The Hall–Kier alpha value is 0.01000. The highest BCUT2D eigenvalue weighted by atomic mass is 79.9. The number of thioether (sulfide) groups is 1. The van der Waals surface area contributed by atoms with Crippen LogP contribution in [0.25, 0.3) is 0 Å². The molecule has 1 nitrogen and oxygen atoms in total. The second kappa shape index (κ2) is 6.08. The van der Waals surface area contributed by atoms with Gasteiger partial charge in [0.15, 0.2) is 0 Å². The first-order valence-electron chi connectivity index (χ1n) is 5.80. The van der Waals surface area contributed by atoms with Gasteiger partial charge in [-0.3, -0.25) is 0 Å². The van der Waals surface area contributed by atoms with E-state index in [0.29, 0.717) is 5.25 Å². The number of hydrogen-bond donors (Lipinski definition) is 1. The van der Waals surface area contributed by atoms with Crippen LogP contribution in [0.1, 0.15) is 24.8 Å². The Morgan fingerprint density at radius 1 is 1.44 bits per heavy atom. The molecule has 16 heavy (non-hydrogen) atoms. The minimum absolute atomic E-state index is 0.195. The zero-order valence-electron chi connectivity index (χ0n) is 9.23. The third-order valence-electron chi connectivity index (χ3n) is 2.98. The minimum Gasteiger partial charge on any atom is -0.392 e. The van der Waals surface area contributed by atoms with Crippen LogP contribution >= 0.6 is 27.7 Å². The molecule has 0 amide bonds. The van der Waals surface area contributed by atoms with Crippen LogP contribution in [0, 0.1) is 0 Å². The smallest absolute Gasteiger partial charge is 0.0699 e. The van der Waals surface area contributed by atoms with E-state index < -0.39 is 0 Å². The molecule has 1 heterocycles. The molecule has 2 atom stereocenters. The molecule has 0 saturated carbocycles. The van der Waals surface area contributed by atoms with Crippen LogP contribution in [0.5, 0.6) is 0 Å². The number of rotatable bonds is 3. The molecule has 1 aliphatic rings. The van der Waals surface area contributed by atoms with Crippen molar-refractivity contribution < 1.29 is 5.11 Å². The molecule has 0 aliphatic carbocycles. The van der Waals surface area contributed by atoms with E-state index in [2.05, 4.69) is 28.1 Å². The highest BCUT2D eigenvalue weighted by Crippen LogP contribution is 2.29. The van der Waals surface area contributed by atoms with Gasteiger partial charge in [0, 0.05) is 9.72 Å². The van der Waals surface area contributed by atoms with Gasteiger partial charge in [-0.05, 0) is 42.7 Å². The second-order valence-corrected chi connectivity index (χ2v) is 6.57. The van der Waals surface area contributed by atoms with Crippen molar-refractivity contribution in [2.24, 2.45) is 0 Å². The summed E-state index contributed by atoms with van der Waals surface area (Å²) in [5.41, 5.74) is 1.22. The molecule has 0 radical (unpaired) electrons. The van der Waals surface area contributed by atoms with Crippen molar-refractivity contribution in [3.63, 3.8) is 0 Å². The first-order chi connectivity index (χ1) is 7.75. The fourth-order valence-corrected chi connectivity index (χ4v) is 3.88. The van der Waals surface area contributed by atoms with Crippen molar-refractivity contribution in [1.82, 2.24) is 0 Å². The third-order valence-corrected chi connectivity index (χ3v) is 4.97. The Morgan fingerprint density at radius 2 is 2.31 bits per heavy atom. The maximum Gasteiger partial charge on any atom is 0.0699 e. The molecular formula is C13H17BrOS. The van der Waals surface area contributed by atoms with Crippen molar-refractivity contribution in [3.05, 3.63) is 34.3 Å². The monoisotopic (exact) mass is 300 g/mol. The van der Waals surface area contributed by atoms with Crippen molar-refractivity contribution in [1.29, 1.82) is 0 Å². The number of hydrogen-bond acceptors (Lipinski definition) is 2. The van der Waals surface area contributed by atoms with E-state index in [9.17, 15) is 5.11 Å². The maximum absolute atomic E-state index is 10.2. The largest absolute Gasteiger partial charge is 0.392 e. The average Bonchev–Trinajstić information content (AvgIpc) is 2.30. The molecule has 1 aromatic rings. The molecule has 1 aromatic carbocycles. The number of halogens is 1. The van der Waals surface area contributed by atoms with Gasteiger partial charge in [0.1, 0.15) is 0 Å². The van der Waals surface area contributed by atoms with Gasteiger partial charge in [0.25, 0.3) is 0 Å².